The van der Waals surface area contributed by atoms with Crippen molar-refractivity contribution in [2.24, 2.45) is 0 Å². The van der Waals surface area contributed by atoms with Crippen LogP contribution in [0.4, 0.5) is 0 Å². The molecule has 0 amide bonds. The van der Waals surface area contributed by atoms with Crippen LogP contribution in [-0.2, 0) is 0 Å². The third-order valence-corrected chi connectivity index (χ3v) is 3.63. The molecule has 0 aromatic carbocycles. The molecule has 0 saturated carbocycles. The molecular formula is C19H35. The third-order valence-electron chi connectivity index (χ3n) is 3.63. The second kappa shape index (κ2) is 17.5. The lowest BCUT2D eigenvalue weighted by atomic mass is 10.0. The summed E-state index contributed by atoms with van der Waals surface area (Å²) < 4.78 is 0. The van der Waals surface area contributed by atoms with Crippen LogP contribution in [0.25, 0.3) is 0 Å². The minimum Gasteiger partial charge on any atom is -0.103 e. The van der Waals surface area contributed by atoms with Crippen molar-refractivity contribution in [2.75, 3.05) is 0 Å². The van der Waals surface area contributed by atoms with Crippen LogP contribution in [0.15, 0.2) is 25.3 Å². The molecule has 0 unspecified atom stereocenters. The molecule has 0 heterocycles. The van der Waals surface area contributed by atoms with Crippen LogP contribution in [0.1, 0.15) is 89.9 Å². The Balaban J connectivity index is 2.91. The molecule has 0 heteroatoms. The van der Waals surface area contributed by atoms with Gasteiger partial charge in [0.05, 0.1) is 0 Å². The lowest BCUT2D eigenvalue weighted by molar-refractivity contribution is 0.573. The molecule has 0 aromatic rings. The number of hydrogen-bond donors (Lipinski definition) is 0. The van der Waals surface area contributed by atoms with Crippen molar-refractivity contribution in [1.29, 1.82) is 0 Å². The lowest BCUT2D eigenvalue weighted by Crippen LogP contribution is -1.83. The quantitative estimate of drug-likeness (QED) is 0.207. The molecule has 0 saturated heterocycles. The molecule has 0 spiro atoms. The van der Waals surface area contributed by atoms with Gasteiger partial charge >= 0.3 is 0 Å². The first kappa shape index (κ1) is 18.5. The molecule has 0 aromatic heterocycles. The van der Waals surface area contributed by atoms with Crippen LogP contribution < -0.4 is 0 Å². The maximum Gasteiger partial charge on any atom is -0.0353 e. The molecular weight excluding hydrogens is 228 g/mol. The Morgan fingerprint density at radius 1 is 0.421 bits per heavy atom. The topological polar surface area (TPSA) is 0 Å². The van der Waals surface area contributed by atoms with Crippen molar-refractivity contribution in [3.63, 3.8) is 0 Å². The Kier molecular flexibility index (Phi) is 17.0. The molecule has 0 rings (SSSR count). The smallest absolute Gasteiger partial charge is 0.0353 e. The highest BCUT2D eigenvalue weighted by Gasteiger charge is 1.93. The van der Waals surface area contributed by atoms with Gasteiger partial charge in [0, 0.05) is 0 Å². The molecule has 0 nitrogen and oxygen atoms in total. The van der Waals surface area contributed by atoms with Gasteiger partial charge in [-0.05, 0) is 32.1 Å². The third kappa shape index (κ3) is 17.5. The van der Waals surface area contributed by atoms with Crippen molar-refractivity contribution < 1.29 is 0 Å². The number of unbranched alkanes of at least 4 members (excludes halogenated alkanes) is 14. The van der Waals surface area contributed by atoms with E-state index < -0.39 is 0 Å². The van der Waals surface area contributed by atoms with Crippen LogP contribution in [0.3, 0.4) is 0 Å². The first-order valence-electron chi connectivity index (χ1n) is 8.45. The average Bonchev–Trinajstić information content (AvgIpc) is 2.43. The minimum atomic E-state index is 1.19. The predicted molar refractivity (Wildman–Crippen MR) is 89.3 cm³/mol. The molecule has 19 heavy (non-hydrogen) atoms. The summed E-state index contributed by atoms with van der Waals surface area (Å²) in [5.74, 6) is 0. The van der Waals surface area contributed by atoms with E-state index in [0.717, 1.165) is 0 Å². The highest BCUT2D eigenvalue weighted by Crippen LogP contribution is 2.12. The van der Waals surface area contributed by atoms with E-state index in [1.165, 1.54) is 89.9 Å². The molecule has 0 aliphatic carbocycles. The largest absolute Gasteiger partial charge is 0.103 e. The van der Waals surface area contributed by atoms with Crippen molar-refractivity contribution in [3.05, 3.63) is 31.7 Å². The maximum atomic E-state index is 3.76. The molecule has 1 radical (unpaired) electrons. The second-order valence-electron chi connectivity index (χ2n) is 5.56. The van der Waals surface area contributed by atoms with Gasteiger partial charge in [-0.25, -0.2) is 0 Å². The summed E-state index contributed by atoms with van der Waals surface area (Å²) in [7, 11) is 0. The van der Waals surface area contributed by atoms with E-state index in [2.05, 4.69) is 19.6 Å². The zero-order valence-electron chi connectivity index (χ0n) is 13.0. The van der Waals surface area contributed by atoms with Crippen LogP contribution in [0, 0.1) is 6.42 Å². The molecule has 111 valence electrons. The fraction of sp³-hybridized carbons (Fsp3) is 0.737. The van der Waals surface area contributed by atoms with Crippen LogP contribution in [-0.4, -0.2) is 0 Å². The van der Waals surface area contributed by atoms with Gasteiger partial charge in [-0.1, -0.05) is 76.4 Å². The summed E-state index contributed by atoms with van der Waals surface area (Å²) in [6.45, 7) is 7.51. The van der Waals surface area contributed by atoms with E-state index >= 15 is 0 Å². The second-order valence-corrected chi connectivity index (χ2v) is 5.56. The molecule has 0 atom stereocenters. The molecule has 0 bridgehead atoms. The highest BCUT2D eigenvalue weighted by atomic mass is 14.0. The lowest BCUT2D eigenvalue weighted by Gasteiger charge is -2.02. The predicted octanol–water partition coefficient (Wildman–Crippen LogP) is 7.02. The van der Waals surface area contributed by atoms with Gasteiger partial charge in [-0.15, -0.1) is 13.2 Å². The summed E-state index contributed by atoms with van der Waals surface area (Å²) in [4.78, 5) is 0. The van der Waals surface area contributed by atoms with Crippen molar-refractivity contribution in [3.8, 4) is 0 Å². The van der Waals surface area contributed by atoms with Crippen LogP contribution in [0.5, 0.6) is 0 Å². The summed E-state index contributed by atoms with van der Waals surface area (Å²) in [5.41, 5.74) is 0. The van der Waals surface area contributed by atoms with Crippen molar-refractivity contribution in [2.45, 2.75) is 89.9 Å². The molecule has 0 aliphatic rings. The fourth-order valence-electron chi connectivity index (χ4n) is 2.36. The van der Waals surface area contributed by atoms with Crippen LogP contribution in [0.2, 0.25) is 0 Å². The normalized spacial score (nSPS) is 10.5. The SMILES string of the molecule is C=CCCCCC[CH]CCCCCCCCCC=C. The first-order valence-corrected chi connectivity index (χ1v) is 8.45. The Hall–Kier alpha value is -0.520. The van der Waals surface area contributed by atoms with Gasteiger partial charge in [0.25, 0.3) is 0 Å². The molecule has 0 fully saturated rings. The average molecular weight is 263 g/mol. The summed E-state index contributed by atoms with van der Waals surface area (Å²) >= 11 is 0. The van der Waals surface area contributed by atoms with E-state index in [9.17, 15) is 0 Å². The first-order chi connectivity index (χ1) is 9.41. The number of allylic oxidation sites excluding steroid dienone is 2. The monoisotopic (exact) mass is 263 g/mol. The summed E-state index contributed by atoms with van der Waals surface area (Å²) in [5, 5.41) is 0. The Morgan fingerprint density at radius 3 is 1.16 bits per heavy atom. The van der Waals surface area contributed by atoms with E-state index in [1.807, 2.05) is 12.2 Å². The fourth-order valence-corrected chi connectivity index (χ4v) is 2.36. The van der Waals surface area contributed by atoms with Gasteiger partial charge in [0.15, 0.2) is 0 Å². The standard InChI is InChI=1S/C19H35/c1-3-5-7-9-11-13-15-17-19-18-16-14-12-10-8-6-4-2/h3-4,15H,1-2,5-14,16-19H2. The maximum absolute atomic E-state index is 3.76. The number of hydrogen-bond acceptors (Lipinski definition) is 0. The minimum absolute atomic E-state index is 1.19. The number of rotatable bonds is 16. The zero-order chi connectivity index (χ0) is 14.0. The van der Waals surface area contributed by atoms with Gasteiger partial charge < -0.3 is 0 Å². The van der Waals surface area contributed by atoms with Crippen molar-refractivity contribution in [1.82, 2.24) is 0 Å². The Morgan fingerprint density at radius 2 is 0.737 bits per heavy atom. The Bertz CT molecular complexity index is 160. The summed E-state index contributed by atoms with van der Waals surface area (Å²) in [6.07, 6.45) is 25.5. The highest BCUT2D eigenvalue weighted by molar-refractivity contribution is 4.68. The van der Waals surface area contributed by atoms with E-state index in [-0.39, 0.29) is 0 Å². The van der Waals surface area contributed by atoms with E-state index in [0.29, 0.717) is 0 Å². The molecule has 0 aliphatic heterocycles. The molecule has 0 N–H and O–H groups in total. The van der Waals surface area contributed by atoms with E-state index in [1.54, 1.807) is 0 Å². The van der Waals surface area contributed by atoms with Gasteiger partial charge in [0.2, 0.25) is 0 Å². The van der Waals surface area contributed by atoms with Gasteiger partial charge in [0.1, 0.15) is 0 Å². The summed E-state index contributed by atoms with van der Waals surface area (Å²) in [6, 6.07) is 0. The van der Waals surface area contributed by atoms with Crippen molar-refractivity contribution >= 4 is 0 Å². The van der Waals surface area contributed by atoms with Gasteiger partial charge in [-0.3, -0.25) is 0 Å². The van der Waals surface area contributed by atoms with Crippen LogP contribution >= 0.6 is 0 Å². The van der Waals surface area contributed by atoms with Gasteiger partial charge in [-0.2, -0.15) is 0 Å². The Labute approximate surface area is 122 Å². The zero-order valence-corrected chi connectivity index (χ0v) is 13.0. The van der Waals surface area contributed by atoms with E-state index in [4.69, 9.17) is 0 Å².